The van der Waals surface area contributed by atoms with Gasteiger partial charge in [-0.25, -0.2) is 18.2 Å². The zero-order valence-electron chi connectivity index (χ0n) is 18.5. The molecule has 0 radical (unpaired) electrons. The summed E-state index contributed by atoms with van der Waals surface area (Å²) in [6.45, 7) is 8.10. The quantitative estimate of drug-likeness (QED) is 0.724. The van der Waals surface area contributed by atoms with Gasteiger partial charge in [0.05, 0.1) is 30.4 Å². The predicted molar refractivity (Wildman–Crippen MR) is 118 cm³/mol. The minimum absolute atomic E-state index is 0.0199. The van der Waals surface area contributed by atoms with Crippen LogP contribution < -0.4 is 5.32 Å². The van der Waals surface area contributed by atoms with E-state index in [9.17, 15) is 18.0 Å². The normalized spacial score (nSPS) is 24.7. The van der Waals surface area contributed by atoms with E-state index in [2.05, 4.69) is 16.9 Å². The summed E-state index contributed by atoms with van der Waals surface area (Å²) >= 11 is 0. The van der Waals surface area contributed by atoms with E-state index in [1.165, 1.54) is 12.1 Å². The van der Waals surface area contributed by atoms with Crippen molar-refractivity contribution in [2.75, 3.05) is 32.9 Å². The molecule has 0 bridgehead atoms. The third-order valence-corrected chi connectivity index (χ3v) is 6.34. The van der Waals surface area contributed by atoms with Crippen molar-refractivity contribution in [2.45, 2.75) is 31.5 Å². The van der Waals surface area contributed by atoms with Crippen molar-refractivity contribution in [3.8, 4) is 0 Å². The van der Waals surface area contributed by atoms with Crippen LogP contribution in [0.2, 0.25) is 0 Å². The fourth-order valence-electron chi connectivity index (χ4n) is 4.48. The number of carbonyl (C=O) groups excluding carboxylic acids is 1. The molecular weight excluding hydrogens is 451 g/mol. The highest BCUT2D eigenvalue weighted by Crippen LogP contribution is 2.34. The molecule has 4 heterocycles. The van der Waals surface area contributed by atoms with Crippen LogP contribution in [0.4, 0.5) is 13.2 Å². The van der Waals surface area contributed by atoms with Gasteiger partial charge in [0, 0.05) is 18.7 Å². The van der Waals surface area contributed by atoms with Gasteiger partial charge in [0.1, 0.15) is 36.1 Å². The monoisotopic (exact) mass is 475 g/mol. The van der Waals surface area contributed by atoms with Gasteiger partial charge >= 0.3 is 0 Å². The number of ether oxygens (including phenoxy) is 2. The van der Waals surface area contributed by atoms with Gasteiger partial charge in [0.25, 0.3) is 12.3 Å². The number of rotatable bonds is 4. The van der Waals surface area contributed by atoms with Crippen LogP contribution in [0, 0.1) is 5.82 Å². The number of hydrogen-bond acceptors (Lipinski definition) is 7. The van der Waals surface area contributed by atoms with Crippen molar-refractivity contribution < 1.29 is 27.4 Å². The lowest BCUT2D eigenvalue weighted by Crippen LogP contribution is -2.47. The first-order chi connectivity index (χ1) is 16.3. The Bertz CT molecular complexity index is 1110. The molecule has 180 valence electrons. The molecule has 1 aromatic rings. The lowest BCUT2D eigenvalue weighted by molar-refractivity contribution is -0.117. The number of halogens is 3. The van der Waals surface area contributed by atoms with Gasteiger partial charge in [0.2, 0.25) is 0 Å². The van der Waals surface area contributed by atoms with E-state index in [0.29, 0.717) is 50.3 Å². The predicted octanol–water partition coefficient (Wildman–Crippen LogP) is 2.52. The molecule has 4 aliphatic heterocycles. The summed E-state index contributed by atoms with van der Waals surface area (Å²) < 4.78 is 51.9. The number of carbonyl (C=O) groups is 1. The first-order valence-corrected chi connectivity index (χ1v) is 11.0. The average Bonchev–Trinajstić information content (AvgIpc) is 3.38. The highest BCUT2D eigenvalue weighted by Gasteiger charge is 2.47. The van der Waals surface area contributed by atoms with Gasteiger partial charge in [-0.1, -0.05) is 24.8 Å². The van der Waals surface area contributed by atoms with Crippen LogP contribution in [0.3, 0.4) is 0 Å². The number of amides is 1. The van der Waals surface area contributed by atoms with Crippen LogP contribution in [-0.4, -0.2) is 72.5 Å². The number of hydrogen-bond donors (Lipinski definition) is 1. The molecular formula is C23H24F3N5O3. The number of benzene rings is 1. The maximum atomic E-state index is 14.6. The Balaban J connectivity index is 1.44. The van der Waals surface area contributed by atoms with Crippen LogP contribution >= 0.6 is 0 Å². The highest BCUT2D eigenvalue weighted by molar-refractivity contribution is 6.26. The number of aliphatic imine (C=N–C) groups is 1. The average molecular weight is 475 g/mol. The molecule has 0 aromatic heterocycles. The summed E-state index contributed by atoms with van der Waals surface area (Å²) in [6.07, 6.45) is -1.30. The van der Waals surface area contributed by atoms with E-state index in [4.69, 9.17) is 14.6 Å². The van der Waals surface area contributed by atoms with Gasteiger partial charge in [-0.2, -0.15) is 5.10 Å². The van der Waals surface area contributed by atoms with Crippen LogP contribution in [0.15, 0.2) is 52.3 Å². The molecule has 34 heavy (non-hydrogen) atoms. The number of nitrogens with one attached hydrogen (secondary N) is 1. The first kappa shape index (κ1) is 22.5. The molecule has 2 saturated heterocycles. The van der Waals surface area contributed by atoms with Crippen molar-refractivity contribution >= 4 is 17.6 Å². The fraction of sp³-hybridized carbons (Fsp3) is 0.435. The summed E-state index contributed by atoms with van der Waals surface area (Å²) in [7, 11) is 0. The van der Waals surface area contributed by atoms with Gasteiger partial charge < -0.3 is 19.7 Å². The van der Waals surface area contributed by atoms with Gasteiger partial charge in [-0.15, -0.1) is 0 Å². The summed E-state index contributed by atoms with van der Waals surface area (Å²) in [5.41, 5.74) is -0.459. The lowest BCUT2D eigenvalue weighted by Gasteiger charge is -2.33. The van der Waals surface area contributed by atoms with Crippen LogP contribution in [0.25, 0.3) is 0 Å². The number of hydrazone groups is 1. The Morgan fingerprint density at radius 2 is 2.00 bits per heavy atom. The van der Waals surface area contributed by atoms with E-state index in [-0.39, 0.29) is 23.2 Å². The van der Waals surface area contributed by atoms with E-state index in [1.807, 2.05) is 4.90 Å². The van der Waals surface area contributed by atoms with Crippen molar-refractivity contribution in [3.63, 3.8) is 0 Å². The molecule has 3 atom stereocenters. The molecule has 0 unspecified atom stereocenters. The second-order valence-electron chi connectivity index (χ2n) is 8.45. The molecule has 1 aromatic carbocycles. The number of alkyl halides is 2. The van der Waals surface area contributed by atoms with Crippen molar-refractivity contribution in [1.82, 2.24) is 15.2 Å². The lowest BCUT2D eigenvalue weighted by atomic mass is 10.0. The number of morpholine rings is 1. The number of fused-ring (bicyclic) bond motifs is 3. The molecule has 1 amide bonds. The van der Waals surface area contributed by atoms with E-state index in [1.54, 1.807) is 18.0 Å². The molecule has 0 aliphatic carbocycles. The first-order valence-electron chi connectivity index (χ1n) is 11.0. The topological polar surface area (TPSA) is 78.8 Å². The molecule has 11 heteroatoms. The summed E-state index contributed by atoms with van der Waals surface area (Å²) in [5.74, 6) is -0.0624. The maximum absolute atomic E-state index is 14.6. The Hall–Kier alpha value is -3.34. The zero-order valence-corrected chi connectivity index (χ0v) is 18.5. The summed E-state index contributed by atoms with van der Waals surface area (Å²) in [6, 6.07) is 2.34. The molecule has 2 fully saturated rings. The van der Waals surface area contributed by atoms with E-state index >= 15 is 0 Å². The third kappa shape index (κ3) is 3.83. The van der Waals surface area contributed by atoms with Crippen molar-refractivity contribution in [2.24, 2.45) is 10.1 Å². The number of nitrogens with zero attached hydrogens (tertiary/aromatic N) is 4. The smallest absolute Gasteiger partial charge is 0.266 e. The van der Waals surface area contributed by atoms with Crippen molar-refractivity contribution in [3.05, 3.63) is 59.1 Å². The standard InChI is InChI=1S/C23H24F3N5O3/c1-12(14-4-3-5-15(19(14)24)21(25)26)27-23(32)16-10-18(30-6-8-33-9-7-30)29-31-17-11-34-13(2)20(17)28-22(16)31/h3-5,10,12,17,20-21H,2,6-9,11H2,1H3,(H,27,32)/t12-,17-,20+/m1/s1. The molecule has 8 nitrogen and oxygen atoms in total. The van der Waals surface area contributed by atoms with Crippen LogP contribution in [0.1, 0.15) is 30.5 Å². The van der Waals surface area contributed by atoms with Crippen LogP contribution in [0.5, 0.6) is 0 Å². The minimum Gasteiger partial charge on any atom is -0.494 e. The molecule has 4 aliphatic rings. The maximum Gasteiger partial charge on any atom is 0.266 e. The minimum atomic E-state index is -2.95. The largest absolute Gasteiger partial charge is 0.494 e. The Labute approximate surface area is 194 Å². The van der Waals surface area contributed by atoms with Gasteiger partial charge in [-0.3, -0.25) is 9.79 Å². The van der Waals surface area contributed by atoms with E-state index < -0.39 is 29.8 Å². The second kappa shape index (κ2) is 8.79. The van der Waals surface area contributed by atoms with Gasteiger partial charge in [0.15, 0.2) is 5.84 Å². The Morgan fingerprint density at radius 1 is 1.26 bits per heavy atom. The fourth-order valence-corrected chi connectivity index (χ4v) is 4.48. The number of amidine groups is 2. The summed E-state index contributed by atoms with van der Waals surface area (Å²) in [5, 5.41) is 9.15. The zero-order chi connectivity index (χ0) is 24.0. The van der Waals surface area contributed by atoms with E-state index in [0.717, 1.165) is 6.07 Å². The molecule has 5 rings (SSSR count). The van der Waals surface area contributed by atoms with Crippen LogP contribution in [-0.2, 0) is 14.3 Å². The Morgan fingerprint density at radius 3 is 2.74 bits per heavy atom. The highest BCUT2D eigenvalue weighted by atomic mass is 19.3. The molecule has 0 saturated carbocycles. The summed E-state index contributed by atoms with van der Waals surface area (Å²) in [4.78, 5) is 20.0. The van der Waals surface area contributed by atoms with Gasteiger partial charge in [-0.05, 0) is 13.0 Å². The molecule has 1 N–H and O–H groups in total. The molecule has 0 spiro atoms. The Kier molecular flexibility index (Phi) is 5.80. The second-order valence-corrected chi connectivity index (χ2v) is 8.45. The third-order valence-electron chi connectivity index (χ3n) is 6.34. The van der Waals surface area contributed by atoms with Crippen molar-refractivity contribution in [1.29, 1.82) is 0 Å². The SMILES string of the molecule is C=C1OC[C@@H]2[C@H]1N=C1C(C(=O)N[C@H](C)c3cccc(C(F)F)c3F)=CC(N3CCOCC3)=NN12.